The number of aliphatic imine (C=N–C) groups is 1. The van der Waals surface area contributed by atoms with E-state index in [2.05, 4.69) is 50.1 Å². The number of anilines is 1. The fourth-order valence-electron chi connectivity index (χ4n) is 4.90. The number of carbonyl (C=O) groups excluding carboxylic acids is 1. The number of alkyl halides is 3. The van der Waals surface area contributed by atoms with Crippen molar-refractivity contribution in [1.82, 2.24) is 20.3 Å². The molecule has 9 nitrogen and oxygen atoms in total. The van der Waals surface area contributed by atoms with Crippen molar-refractivity contribution in [2.75, 3.05) is 24.3 Å². The summed E-state index contributed by atoms with van der Waals surface area (Å²) in [6.07, 6.45) is -3.20. The molecule has 3 aromatic carbocycles. The standard InChI is InChI=1S/C32H33F3N6O3S/c1-20(2)26-15-14-25(43-5)18-28(26)40-16-17-45-30(40)37-29(42)38-31(3,4)22-8-6-21(7-9-22)27-19-36-41(39-27)23-10-12-24(13-11-23)44-32(33,34)35/h6-15,18-20H,16-17H2,1-5H3,(H,38,42). The molecule has 13 heteroatoms. The van der Waals surface area contributed by atoms with Crippen LogP contribution in [0.5, 0.6) is 11.5 Å². The van der Waals surface area contributed by atoms with E-state index in [1.807, 2.05) is 50.2 Å². The Kier molecular flexibility index (Phi) is 9.10. The molecule has 4 aromatic rings. The topological polar surface area (TPSA) is 93.9 Å². The SMILES string of the molecule is COc1ccc(C(C)C)c(N2CCSC2=NC(=O)NC(C)(C)c2ccc(-c3cnn(-c4ccc(OC(F)(F)F)cc4)n3)cc2)c1. The van der Waals surface area contributed by atoms with Gasteiger partial charge in [0.25, 0.3) is 0 Å². The summed E-state index contributed by atoms with van der Waals surface area (Å²) in [7, 11) is 1.64. The van der Waals surface area contributed by atoms with E-state index in [9.17, 15) is 18.0 Å². The Bertz CT molecular complexity index is 1690. The van der Waals surface area contributed by atoms with Gasteiger partial charge in [0.05, 0.1) is 24.5 Å². The van der Waals surface area contributed by atoms with Gasteiger partial charge in [-0.1, -0.05) is 55.9 Å². The Morgan fingerprint density at radius 1 is 1.02 bits per heavy atom. The van der Waals surface area contributed by atoms with E-state index >= 15 is 0 Å². The summed E-state index contributed by atoms with van der Waals surface area (Å²) in [5.74, 6) is 1.52. The van der Waals surface area contributed by atoms with E-state index in [-0.39, 0.29) is 11.7 Å². The van der Waals surface area contributed by atoms with Gasteiger partial charge in [0.15, 0.2) is 5.17 Å². The maximum absolute atomic E-state index is 13.2. The number of methoxy groups -OCH3 is 1. The predicted molar refractivity (Wildman–Crippen MR) is 169 cm³/mol. The van der Waals surface area contributed by atoms with Crippen LogP contribution in [0.25, 0.3) is 16.9 Å². The fraction of sp³-hybridized carbons (Fsp3) is 0.312. The number of amides is 2. The lowest BCUT2D eigenvalue weighted by Crippen LogP contribution is -2.40. The first-order valence-corrected chi connectivity index (χ1v) is 15.2. The summed E-state index contributed by atoms with van der Waals surface area (Å²) < 4.78 is 46.7. The molecule has 236 valence electrons. The van der Waals surface area contributed by atoms with Crippen LogP contribution < -0.4 is 19.7 Å². The van der Waals surface area contributed by atoms with Gasteiger partial charge in [0.1, 0.15) is 17.2 Å². The Morgan fingerprint density at radius 2 is 1.71 bits per heavy atom. The first kappa shape index (κ1) is 31.9. The molecule has 0 bridgehead atoms. The molecule has 2 heterocycles. The van der Waals surface area contributed by atoms with E-state index in [1.165, 1.54) is 29.1 Å². The Labute approximate surface area is 263 Å². The highest BCUT2D eigenvalue weighted by Gasteiger charge is 2.31. The lowest BCUT2D eigenvalue weighted by molar-refractivity contribution is -0.274. The molecular formula is C32H33F3N6O3S. The number of halogens is 3. The highest BCUT2D eigenvalue weighted by Crippen LogP contribution is 2.35. The second-order valence-corrected chi connectivity index (χ2v) is 12.2. The number of thioether (sulfide) groups is 1. The van der Waals surface area contributed by atoms with Gasteiger partial charge in [-0.3, -0.25) is 0 Å². The minimum atomic E-state index is -4.76. The molecule has 1 aromatic heterocycles. The van der Waals surface area contributed by atoms with Gasteiger partial charge < -0.3 is 19.7 Å². The highest BCUT2D eigenvalue weighted by molar-refractivity contribution is 8.14. The van der Waals surface area contributed by atoms with Crippen LogP contribution in [0.1, 0.15) is 44.7 Å². The largest absolute Gasteiger partial charge is 0.573 e. The molecule has 0 radical (unpaired) electrons. The van der Waals surface area contributed by atoms with Crippen molar-refractivity contribution in [1.29, 1.82) is 0 Å². The molecule has 5 rings (SSSR count). The number of ether oxygens (including phenoxy) is 2. The number of aromatic nitrogens is 3. The minimum Gasteiger partial charge on any atom is -0.497 e. The summed E-state index contributed by atoms with van der Waals surface area (Å²) in [6, 6.07) is 18.4. The number of nitrogens with zero attached hydrogens (tertiary/aromatic N) is 5. The molecule has 1 aliphatic rings. The summed E-state index contributed by atoms with van der Waals surface area (Å²) >= 11 is 1.54. The molecule has 0 atom stereocenters. The normalized spacial score (nSPS) is 14.7. The lowest BCUT2D eigenvalue weighted by Gasteiger charge is -2.27. The average molecular weight is 639 g/mol. The van der Waals surface area contributed by atoms with Crippen molar-refractivity contribution in [3.8, 4) is 28.4 Å². The third-order valence-electron chi connectivity index (χ3n) is 7.24. The van der Waals surface area contributed by atoms with E-state index in [0.717, 1.165) is 40.4 Å². The van der Waals surface area contributed by atoms with E-state index < -0.39 is 17.9 Å². The van der Waals surface area contributed by atoms with E-state index in [1.54, 1.807) is 25.1 Å². The fourth-order valence-corrected chi connectivity index (χ4v) is 5.85. The maximum Gasteiger partial charge on any atom is 0.573 e. The van der Waals surface area contributed by atoms with Crippen LogP contribution in [0.15, 0.2) is 77.9 Å². The summed E-state index contributed by atoms with van der Waals surface area (Å²) in [6.45, 7) is 8.80. The molecule has 0 saturated carbocycles. The molecule has 0 unspecified atom stereocenters. The molecule has 2 amide bonds. The van der Waals surface area contributed by atoms with Crippen LogP contribution in [0.3, 0.4) is 0 Å². The van der Waals surface area contributed by atoms with Crippen LogP contribution in [-0.4, -0.2) is 52.0 Å². The third kappa shape index (κ3) is 7.59. The quantitative estimate of drug-likeness (QED) is 0.213. The van der Waals surface area contributed by atoms with Crippen molar-refractivity contribution in [3.63, 3.8) is 0 Å². The van der Waals surface area contributed by atoms with Crippen LogP contribution in [0.4, 0.5) is 23.7 Å². The van der Waals surface area contributed by atoms with Crippen molar-refractivity contribution >= 4 is 28.6 Å². The van der Waals surface area contributed by atoms with Gasteiger partial charge in [0, 0.05) is 29.6 Å². The third-order valence-corrected chi connectivity index (χ3v) is 8.20. The second-order valence-electron chi connectivity index (χ2n) is 11.2. The van der Waals surface area contributed by atoms with Crippen LogP contribution in [0, 0.1) is 0 Å². The van der Waals surface area contributed by atoms with Gasteiger partial charge in [-0.15, -0.1) is 18.3 Å². The average Bonchev–Trinajstić information content (AvgIpc) is 3.66. The van der Waals surface area contributed by atoms with Gasteiger partial charge in [-0.05, 0) is 61.2 Å². The van der Waals surface area contributed by atoms with Gasteiger partial charge >= 0.3 is 12.4 Å². The minimum absolute atomic E-state index is 0.284. The molecule has 1 aliphatic heterocycles. The number of urea groups is 1. The number of rotatable bonds is 8. The Balaban J connectivity index is 1.27. The molecule has 0 aliphatic carbocycles. The number of nitrogens with one attached hydrogen (secondary N) is 1. The van der Waals surface area contributed by atoms with Gasteiger partial charge in [-0.2, -0.15) is 14.9 Å². The van der Waals surface area contributed by atoms with Crippen LogP contribution in [0.2, 0.25) is 0 Å². The molecule has 1 saturated heterocycles. The molecule has 1 N–H and O–H groups in total. The first-order valence-electron chi connectivity index (χ1n) is 14.2. The van der Waals surface area contributed by atoms with Gasteiger partial charge in [0.2, 0.25) is 0 Å². The maximum atomic E-state index is 13.2. The highest BCUT2D eigenvalue weighted by atomic mass is 32.2. The smallest absolute Gasteiger partial charge is 0.497 e. The number of amidine groups is 1. The van der Waals surface area contributed by atoms with Crippen molar-refractivity contribution < 1.29 is 27.4 Å². The molecular weight excluding hydrogens is 605 g/mol. The monoisotopic (exact) mass is 638 g/mol. The number of hydrogen-bond donors (Lipinski definition) is 1. The molecule has 0 spiro atoms. The molecule has 45 heavy (non-hydrogen) atoms. The Hall–Kier alpha value is -4.52. The summed E-state index contributed by atoms with van der Waals surface area (Å²) in [5.41, 5.74) is 4.09. The van der Waals surface area contributed by atoms with Gasteiger partial charge in [-0.25, -0.2) is 4.79 Å². The van der Waals surface area contributed by atoms with Crippen LogP contribution >= 0.6 is 11.8 Å². The lowest BCUT2D eigenvalue weighted by atomic mass is 9.93. The molecule has 1 fully saturated rings. The zero-order valence-corrected chi connectivity index (χ0v) is 26.2. The first-order chi connectivity index (χ1) is 21.3. The van der Waals surface area contributed by atoms with E-state index in [0.29, 0.717) is 16.5 Å². The van der Waals surface area contributed by atoms with E-state index in [4.69, 9.17) is 4.74 Å². The summed E-state index contributed by atoms with van der Waals surface area (Å²) in [5, 5.41) is 12.4. The number of hydrogen-bond acceptors (Lipinski definition) is 6. The number of carbonyl (C=O) groups is 1. The second kappa shape index (κ2) is 12.8. The Morgan fingerprint density at radius 3 is 2.36 bits per heavy atom. The van der Waals surface area contributed by atoms with Crippen molar-refractivity contribution in [2.24, 2.45) is 4.99 Å². The van der Waals surface area contributed by atoms with Crippen molar-refractivity contribution in [2.45, 2.75) is 45.5 Å². The summed E-state index contributed by atoms with van der Waals surface area (Å²) in [4.78, 5) is 21.0. The van der Waals surface area contributed by atoms with Crippen molar-refractivity contribution in [3.05, 3.63) is 84.1 Å². The predicted octanol–water partition coefficient (Wildman–Crippen LogP) is 7.52. The zero-order valence-electron chi connectivity index (χ0n) is 25.4. The zero-order chi connectivity index (χ0) is 32.4. The van der Waals surface area contributed by atoms with Crippen LogP contribution in [-0.2, 0) is 5.54 Å². The number of benzene rings is 3.